The second-order valence-electron chi connectivity index (χ2n) is 3.74. The van der Waals surface area contributed by atoms with Gasteiger partial charge in [-0.05, 0) is 28.8 Å². The third-order valence-electron chi connectivity index (χ3n) is 2.66. The summed E-state index contributed by atoms with van der Waals surface area (Å²) in [5.74, 6) is 0. The quantitative estimate of drug-likeness (QED) is 0.836. The number of fused-ring (bicyclic) bond motifs is 1. The smallest absolute Gasteiger partial charge is 0.155 e. The highest BCUT2D eigenvalue weighted by atomic mass is 79.9. The molecule has 14 heavy (non-hydrogen) atoms. The van der Waals surface area contributed by atoms with Crippen LogP contribution in [-0.2, 0) is 5.54 Å². The first-order valence-corrected chi connectivity index (χ1v) is 5.26. The number of hydrogen-bond donors (Lipinski definition) is 1. The highest BCUT2D eigenvalue weighted by Crippen LogP contribution is 2.42. The lowest BCUT2D eigenvalue weighted by molar-refractivity contribution is 0.697. The minimum atomic E-state index is -0.153. The van der Waals surface area contributed by atoms with Gasteiger partial charge in [0.15, 0.2) is 5.65 Å². The highest BCUT2D eigenvalue weighted by molar-refractivity contribution is 9.10. The molecule has 1 fully saturated rings. The number of aromatic nitrogens is 3. The summed E-state index contributed by atoms with van der Waals surface area (Å²) in [5, 5.41) is 0. The van der Waals surface area contributed by atoms with Gasteiger partial charge >= 0.3 is 0 Å². The third-order valence-corrected chi connectivity index (χ3v) is 3.07. The van der Waals surface area contributed by atoms with E-state index < -0.39 is 0 Å². The molecule has 3 rings (SSSR count). The van der Waals surface area contributed by atoms with Gasteiger partial charge in [0.2, 0.25) is 0 Å². The summed E-state index contributed by atoms with van der Waals surface area (Å²) < 4.78 is 2.80. The van der Waals surface area contributed by atoms with Crippen molar-refractivity contribution in [2.45, 2.75) is 18.4 Å². The van der Waals surface area contributed by atoms with Gasteiger partial charge in [-0.3, -0.25) is 4.40 Å². The highest BCUT2D eigenvalue weighted by Gasteiger charge is 2.42. The van der Waals surface area contributed by atoms with Crippen LogP contribution in [0.2, 0.25) is 0 Å². The van der Waals surface area contributed by atoms with Crippen LogP contribution in [0.25, 0.3) is 5.65 Å². The fourth-order valence-corrected chi connectivity index (χ4v) is 1.93. The van der Waals surface area contributed by atoms with Gasteiger partial charge in [0.1, 0.15) is 4.60 Å². The monoisotopic (exact) mass is 252 g/mol. The Balaban J connectivity index is 2.29. The second-order valence-corrected chi connectivity index (χ2v) is 4.55. The molecule has 0 aliphatic heterocycles. The number of nitrogens with two attached hydrogens (primary N) is 1. The van der Waals surface area contributed by atoms with Crippen molar-refractivity contribution in [3.05, 3.63) is 28.9 Å². The van der Waals surface area contributed by atoms with Crippen LogP contribution in [0.4, 0.5) is 0 Å². The molecule has 0 atom stereocenters. The summed E-state index contributed by atoms with van der Waals surface area (Å²) >= 11 is 3.34. The lowest BCUT2D eigenvalue weighted by Gasteiger charge is -2.07. The lowest BCUT2D eigenvalue weighted by atomic mass is 10.2. The van der Waals surface area contributed by atoms with E-state index >= 15 is 0 Å². The minimum absolute atomic E-state index is 0.153. The topological polar surface area (TPSA) is 56.2 Å². The average molecular weight is 253 g/mol. The van der Waals surface area contributed by atoms with Gasteiger partial charge < -0.3 is 5.73 Å². The predicted octanol–water partition coefficient (Wildman–Crippen LogP) is 1.44. The Hall–Kier alpha value is -0.940. The van der Waals surface area contributed by atoms with Gasteiger partial charge in [-0.2, -0.15) is 0 Å². The molecular weight excluding hydrogens is 244 g/mol. The van der Waals surface area contributed by atoms with E-state index in [1.165, 1.54) is 0 Å². The summed E-state index contributed by atoms with van der Waals surface area (Å²) in [6, 6.07) is 0. The maximum atomic E-state index is 6.13. The van der Waals surface area contributed by atoms with E-state index in [0.717, 1.165) is 28.8 Å². The van der Waals surface area contributed by atoms with Crippen molar-refractivity contribution in [2.24, 2.45) is 5.73 Å². The van der Waals surface area contributed by atoms with Gasteiger partial charge in [-0.15, -0.1) is 0 Å². The third kappa shape index (κ3) is 1.09. The van der Waals surface area contributed by atoms with Crippen LogP contribution in [-0.4, -0.2) is 14.4 Å². The molecule has 0 saturated heterocycles. The summed E-state index contributed by atoms with van der Waals surface area (Å²) in [6.07, 6.45) is 7.57. The second kappa shape index (κ2) is 2.55. The van der Waals surface area contributed by atoms with E-state index in [0.29, 0.717) is 0 Å². The molecule has 0 radical (unpaired) electrons. The summed E-state index contributed by atoms with van der Waals surface area (Å²) in [5.41, 5.74) is 7.91. The van der Waals surface area contributed by atoms with E-state index in [1.54, 1.807) is 6.20 Å². The molecule has 5 heteroatoms. The zero-order valence-electron chi connectivity index (χ0n) is 7.44. The van der Waals surface area contributed by atoms with E-state index in [1.807, 2.05) is 16.8 Å². The maximum absolute atomic E-state index is 6.13. The summed E-state index contributed by atoms with van der Waals surface area (Å²) in [7, 11) is 0. The fraction of sp³-hybridized carbons (Fsp3) is 0.333. The van der Waals surface area contributed by atoms with Crippen molar-refractivity contribution in [3.63, 3.8) is 0 Å². The minimum Gasteiger partial charge on any atom is -0.320 e. The van der Waals surface area contributed by atoms with Crippen molar-refractivity contribution in [1.82, 2.24) is 14.4 Å². The predicted molar refractivity (Wildman–Crippen MR) is 55.8 cm³/mol. The van der Waals surface area contributed by atoms with Gasteiger partial charge in [0.25, 0.3) is 0 Å². The molecule has 0 amide bonds. The molecule has 0 aromatic carbocycles. The standard InChI is InChI=1S/C9H9BrN4/c10-7-5-14-6(9(11)1-2-9)3-13-8(14)4-12-7/h3-5H,1-2,11H2. The van der Waals surface area contributed by atoms with Crippen LogP contribution in [0.15, 0.2) is 23.2 Å². The zero-order chi connectivity index (χ0) is 9.76. The van der Waals surface area contributed by atoms with Gasteiger partial charge in [0, 0.05) is 6.20 Å². The van der Waals surface area contributed by atoms with Crippen molar-refractivity contribution in [3.8, 4) is 0 Å². The number of rotatable bonds is 1. The SMILES string of the molecule is NC1(c2cnc3cnc(Br)cn23)CC1. The molecule has 2 N–H and O–H groups in total. The normalized spacial score (nSPS) is 18.7. The Morgan fingerprint density at radius 1 is 1.36 bits per heavy atom. The molecule has 72 valence electrons. The van der Waals surface area contributed by atoms with Crippen molar-refractivity contribution >= 4 is 21.6 Å². The summed E-state index contributed by atoms with van der Waals surface area (Å²) in [6.45, 7) is 0. The van der Waals surface area contributed by atoms with Crippen LogP contribution in [0, 0.1) is 0 Å². The molecule has 0 spiro atoms. The molecular formula is C9H9BrN4. The van der Waals surface area contributed by atoms with Crippen molar-refractivity contribution < 1.29 is 0 Å². The van der Waals surface area contributed by atoms with Crippen LogP contribution < -0.4 is 5.73 Å². The number of imidazole rings is 1. The van der Waals surface area contributed by atoms with E-state index in [2.05, 4.69) is 25.9 Å². The number of hydrogen-bond acceptors (Lipinski definition) is 3. The molecule has 1 aliphatic rings. The molecule has 0 unspecified atom stereocenters. The van der Waals surface area contributed by atoms with E-state index in [9.17, 15) is 0 Å². The van der Waals surface area contributed by atoms with Crippen LogP contribution in [0.1, 0.15) is 18.5 Å². The Bertz CT molecular complexity index is 500. The van der Waals surface area contributed by atoms with E-state index in [4.69, 9.17) is 5.73 Å². The van der Waals surface area contributed by atoms with Crippen LogP contribution in [0.5, 0.6) is 0 Å². The molecule has 2 aromatic rings. The average Bonchev–Trinajstić information content (AvgIpc) is 2.77. The number of nitrogens with zero attached hydrogens (tertiary/aromatic N) is 3. The number of halogens is 1. The van der Waals surface area contributed by atoms with Crippen molar-refractivity contribution in [1.29, 1.82) is 0 Å². The van der Waals surface area contributed by atoms with Crippen molar-refractivity contribution in [2.75, 3.05) is 0 Å². The summed E-state index contributed by atoms with van der Waals surface area (Å²) in [4.78, 5) is 8.38. The zero-order valence-corrected chi connectivity index (χ0v) is 9.03. The van der Waals surface area contributed by atoms with E-state index in [-0.39, 0.29) is 5.54 Å². The molecule has 1 saturated carbocycles. The van der Waals surface area contributed by atoms with Crippen LogP contribution >= 0.6 is 15.9 Å². The van der Waals surface area contributed by atoms with Gasteiger partial charge in [-0.25, -0.2) is 9.97 Å². The van der Waals surface area contributed by atoms with Gasteiger partial charge in [0.05, 0.1) is 23.6 Å². The molecule has 4 nitrogen and oxygen atoms in total. The molecule has 2 aromatic heterocycles. The fourth-order valence-electron chi connectivity index (χ4n) is 1.62. The van der Waals surface area contributed by atoms with Gasteiger partial charge in [-0.1, -0.05) is 0 Å². The maximum Gasteiger partial charge on any atom is 0.155 e. The molecule has 2 heterocycles. The first-order chi connectivity index (χ1) is 6.69. The lowest BCUT2D eigenvalue weighted by Crippen LogP contribution is -2.20. The Kier molecular flexibility index (Phi) is 1.52. The largest absolute Gasteiger partial charge is 0.320 e. The first-order valence-electron chi connectivity index (χ1n) is 4.47. The Morgan fingerprint density at radius 3 is 2.86 bits per heavy atom. The molecule has 1 aliphatic carbocycles. The van der Waals surface area contributed by atoms with Crippen LogP contribution in [0.3, 0.4) is 0 Å². The Labute approximate surface area is 89.3 Å². The Morgan fingerprint density at radius 2 is 2.14 bits per heavy atom. The molecule has 0 bridgehead atoms. The first kappa shape index (κ1) is 8.38.